The van der Waals surface area contributed by atoms with Crippen LogP contribution in [0.25, 0.3) is 0 Å². The molecule has 1 aromatic heterocycles. The Morgan fingerprint density at radius 1 is 1.47 bits per heavy atom. The van der Waals surface area contributed by atoms with Crippen molar-refractivity contribution < 1.29 is 5.11 Å². The number of phenols is 1. The van der Waals surface area contributed by atoms with E-state index in [4.69, 9.17) is 0 Å². The normalized spacial score (nSPS) is 10.2. The van der Waals surface area contributed by atoms with E-state index in [1.165, 1.54) is 0 Å². The van der Waals surface area contributed by atoms with Crippen LogP contribution in [0.2, 0.25) is 0 Å². The highest BCUT2D eigenvalue weighted by Gasteiger charge is 2.00. The Hall–Kier alpha value is -1.07. The van der Waals surface area contributed by atoms with Crippen molar-refractivity contribution in [1.82, 2.24) is 4.98 Å². The van der Waals surface area contributed by atoms with Crippen LogP contribution in [0.4, 0.5) is 5.13 Å². The molecule has 0 unspecified atom stereocenters. The second kappa shape index (κ2) is 4.63. The van der Waals surface area contributed by atoms with Gasteiger partial charge in [0.15, 0.2) is 5.13 Å². The van der Waals surface area contributed by atoms with Gasteiger partial charge in [-0.1, -0.05) is 6.07 Å². The third-order valence-corrected chi connectivity index (χ3v) is 3.25. The summed E-state index contributed by atoms with van der Waals surface area (Å²) < 4.78 is 0.709. The number of anilines is 1. The van der Waals surface area contributed by atoms with Crippen LogP contribution >= 0.6 is 27.3 Å². The van der Waals surface area contributed by atoms with Gasteiger partial charge in [0.05, 0.1) is 4.47 Å². The lowest BCUT2D eigenvalue weighted by molar-refractivity contribution is 0.471. The topological polar surface area (TPSA) is 45.1 Å². The molecule has 2 rings (SSSR count). The summed E-state index contributed by atoms with van der Waals surface area (Å²) in [4.78, 5) is 4.12. The molecule has 3 nitrogen and oxygen atoms in total. The van der Waals surface area contributed by atoms with Crippen molar-refractivity contribution in [3.63, 3.8) is 0 Å². The van der Waals surface area contributed by atoms with E-state index in [-0.39, 0.29) is 5.75 Å². The summed E-state index contributed by atoms with van der Waals surface area (Å²) in [5.41, 5.74) is 1.09. The fourth-order valence-electron chi connectivity index (χ4n) is 1.15. The minimum Gasteiger partial charge on any atom is -0.507 e. The predicted octanol–water partition coefficient (Wildman–Crippen LogP) is 3.22. The number of aromatic hydroxyl groups is 1. The van der Waals surface area contributed by atoms with Gasteiger partial charge < -0.3 is 10.4 Å². The molecule has 0 bridgehead atoms. The molecule has 2 aromatic rings. The molecule has 0 aliphatic heterocycles. The van der Waals surface area contributed by atoms with Crippen LogP contribution < -0.4 is 5.32 Å². The van der Waals surface area contributed by atoms with Crippen molar-refractivity contribution in [1.29, 1.82) is 0 Å². The number of benzene rings is 1. The number of nitrogens with one attached hydrogen (secondary N) is 1. The minimum absolute atomic E-state index is 0.257. The third-order valence-electron chi connectivity index (χ3n) is 1.89. The van der Waals surface area contributed by atoms with Crippen LogP contribution in [-0.4, -0.2) is 10.1 Å². The fraction of sp³-hybridized carbons (Fsp3) is 0.100. The molecule has 0 atom stereocenters. The molecule has 5 heteroatoms. The van der Waals surface area contributed by atoms with Gasteiger partial charge in [-0.05, 0) is 33.6 Å². The van der Waals surface area contributed by atoms with E-state index in [9.17, 15) is 5.11 Å². The highest BCUT2D eigenvalue weighted by atomic mass is 79.9. The zero-order valence-electron chi connectivity index (χ0n) is 7.77. The monoisotopic (exact) mass is 284 g/mol. The molecule has 0 radical (unpaired) electrons. The lowest BCUT2D eigenvalue weighted by Gasteiger charge is -2.04. The smallest absolute Gasteiger partial charge is 0.182 e. The van der Waals surface area contributed by atoms with Crippen LogP contribution in [0.15, 0.2) is 34.2 Å². The fourth-order valence-corrected chi connectivity index (χ4v) is 2.10. The molecule has 0 amide bonds. The van der Waals surface area contributed by atoms with Crippen molar-refractivity contribution in [3.8, 4) is 5.75 Å². The number of nitrogens with zero attached hydrogens (tertiary/aromatic N) is 1. The second-order valence-corrected chi connectivity index (χ2v) is 4.73. The molecular formula is C10H9BrN2OS. The van der Waals surface area contributed by atoms with Gasteiger partial charge in [0.2, 0.25) is 0 Å². The van der Waals surface area contributed by atoms with E-state index in [1.807, 2.05) is 17.5 Å². The lowest BCUT2D eigenvalue weighted by Crippen LogP contribution is -1.98. The van der Waals surface area contributed by atoms with E-state index in [0.717, 1.165) is 10.7 Å². The highest BCUT2D eigenvalue weighted by molar-refractivity contribution is 9.10. The Morgan fingerprint density at radius 2 is 2.33 bits per heavy atom. The maximum absolute atomic E-state index is 9.32. The number of thiazole rings is 1. The largest absolute Gasteiger partial charge is 0.507 e. The van der Waals surface area contributed by atoms with E-state index >= 15 is 0 Å². The number of aromatic nitrogens is 1. The molecular weight excluding hydrogens is 276 g/mol. The summed E-state index contributed by atoms with van der Waals surface area (Å²) in [5, 5.41) is 15.3. The number of hydrogen-bond donors (Lipinski definition) is 2. The molecule has 0 fully saturated rings. The molecule has 0 saturated carbocycles. The second-order valence-electron chi connectivity index (χ2n) is 2.98. The standard InChI is InChI=1S/C10H9BrN2OS/c11-8-5-7(1-2-9(8)14)6-13-10-12-3-4-15-10/h1-5,14H,6H2,(H,12,13). The van der Waals surface area contributed by atoms with Crippen LogP contribution in [-0.2, 0) is 6.54 Å². The quantitative estimate of drug-likeness (QED) is 0.910. The first-order valence-electron chi connectivity index (χ1n) is 4.36. The van der Waals surface area contributed by atoms with Crippen molar-refractivity contribution in [2.45, 2.75) is 6.54 Å². The Morgan fingerprint density at radius 3 is 3.00 bits per heavy atom. The molecule has 1 aromatic carbocycles. The summed E-state index contributed by atoms with van der Waals surface area (Å²) in [5.74, 6) is 0.257. The molecule has 1 heterocycles. The van der Waals surface area contributed by atoms with Gasteiger partial charge in [0, 0.05) is 18.1 Å². The van der Waals surface area contributed by atoms with Crippen LogP contribution in [0.1, 0.15) is 5.56 Å². The van der Waals surface area contributed by atoms with Gasteiger partial charge >= 0.3 is 0 Å². The van der Waals surface area contributed by atoms with Gasteiger partial charge in [-0.3, -0.25) is 0 Å². The molecule has 0 saturated heterocycles. The molecule has 0 aliphatic carbocycles. The van der Waals surface area contributed by atoms with Crippen molar-refractivity contribution in [3.05, 3.63) is 39.8 Å². The Balaban J connectivity index is 2.02. The molecule has 0 spiro atoms. The number of rotatable bonds is 3. The van der Waals surface area contributed by atoms with E-state index in [0.29, 0.717) is 11.0 Å². The summed E-state index contributed by atoms with van der Waals surface area (Å²) in [6.07, 6.45) is 1.76. The SMILES string of the molecule is Oc1ccc(CNc2nccs2)cc1Br. The number of phenolic OH excluding ortho intramolecular Hbond substituents is 1. The molecule has 0 aliphatic rings. The van der Waals surface area contributed by atoms with Crippen molar-refractivity contribution in [2.75, 3.05) is 5.32 Å². The average molecular weight is 285 g/mol. The molecule has 2 N–H and O–H groups in total. The number of halogens is 1. The summed E-state index contributed by atoms with van der Waals surface area (Å²) in [7, 11) is 0. The van der Waals surface area contributed by atoms with Crippen molar-refractivity contribution >= 4 is 32.4 Å². The van der Waals surface area contributed by atoms with Gasteiger partial charge in [0.25, 0.3) is 0 Å². The van der Waals surface area contributed by atoms with Crippen LogP contribution in [0.3, 0.4) is 0 Å². The maximum atomic E-state index is 9.32. The Kier molecular flexibility index (Phi) is 3.23. The first-order chi connectivity index (χ1) is 7.25. The highest BCUT2D eigenvalue weighted by Crippen LogP contribution is 2.24. The Labute approximate surface area is 99.9 Å². The van der Waals surface area contributed by atoms with E-state index in [1.54, 1.807) is 23.6 Å². The lowest BCUT2D eigenvalue weighted by atomic mass is 10.2. The minimum atomic E-state index is 0.257. The average Bonchev–Trinajstić information content (AvgIpc) is 2.73. The van der Waals surface area contributed by atoms with Gasteiger partial charge in [0.1, 0.15) is 5.75 Å². The third kappa shape index (κ3) is 2.70. The Bertz CT molecular complexity index is 445. The van der Waals surface area contributed by atoms with Gasteiger partial charge in [-0.2, -0.15) is 0 Å². The first-order valence-corrected chi connectivity index (χ1v) is 6.04. The van der Waals surface area contributed by atoms with Gasteiger partial charge in [-0.15, -0.1) is 11.3 Å². The first kappa shape index (κ1) is 10.4. The van der Waals surface area contributed by atoms with Crippen LogP contribution in [0.5, 0.6) is 5.75 Å². The maximum Gasteiger partial charge on any atom is 0.182 e. The zero-order valence-corrected chi connectivity index (χ0v) is 10.2. The summed E-state index contributed by atoms with van der Waals surface area (Å²) in [6.45, 7) is 0.701. The zero-order chi connectivity index (χ0) is 10.7. The summed E-state index contributed by atoms with van der Waals surface area (Å²) in [6, 6.07) is 5.43. The summed E-state index contributed by atoms with van der Waals surface area (Å²) >= 11 is 4.84. The van der Waals surface area contributed by atoms with Crippen LogP contribution in [0, 0.1) is 0 Å². The molecule has 78 valence electrons. The van der Waals surface area contributed by atoms with E-state index in [2.05, 4.69) is 26.2 Å². The predicted molar refractivity (Wildman–Crippen MR) is 65.2 cm³/mol. The molecule has 15 heavy (non-hydrogen) atoms. The van der Waals surface area contributed by atoms with E-state index < -0.39 is 0 Å². The van der Waals surface area contributed by atoms with Gasteiger partial charge in [-0.25, -0.2) is 4.98 Å². The number of hydrogen-bond acceptors (Lipinski definition) is 4. The van der Waals surface area contributed by atoms with Crippen molar-refractivity contribution in [2.24, 2.45) is 0 Å².